The Morgan fingerprint density at radius 2 is 2.19 bits per heavy atom. The lowest BCUT2D eigenvalue weighted by molar-refractivity contribution is 0.359. The zero-order valence-electron chi connectivity index (χ0n) is 15.7. The van der Waals surface area contributed by atoms with Crippen molar-refractivity contribution in [1.82, 2.24) is 20.4 Å². The summed E-state index contributed by atoms with van der Waals surface area (Å²) in [5.41, 5.74) is 2.31. The van der Waals surface area contributed by atoms with Crippen LogP contribution in [0.3, 0.4) is 0 Å². The molecule has 1 heterocycles. The maximum Gasteiger partial charge on any atom is 0.191 e. The Morgan fingerprint density at radius 3 is 2.92 bits per heavy atom. The summed E-state index contributed by atoms with van der Waals surface area (Å²) >= 11 is 0. The van der Waals surface area contributed by atoms with Crippen molar-refractivity contribution in [1.29, 1.82) is 0 Å². The lowest BCUT2D eigenvalue weighted by Crippen LogP contribution is -2.37. The van der Waals surface area contributed by atoms with E-state index in [0.29, 0.717) is 13.2 Å². The third kappa shape index (κ3) is 6.63. The first kappa shape index (κ1) is 19.6. The fourth-order valence-corrected chi connectivity index (χ4v) is 2.53. The molecule has 140 valence electrons. The first-order valence-electron chi connectivity index (χ1n) is 9.04. The highest BCUT2D eigenvalue weighted by Crippen LogP contribution is 2.18. The van der Waals surface area contributed by atoms with Gasteiger partial charge in [0.25, 0.3) is 0 Å². The van der Waals surface area contributed by atoms with Crippen molar-refractivity contribution in [3.8, 4) is 5.75 Å². The van der Waals surface area contributed by atoms with E-state index in [1.807, 2.05) is 42.2 Å². The number of aromatic nitrogens is 2. The molecule has 0 saturated heterocycles. The van der Waals surface area contributed by atoms with Crippen molar-refractivity contribution < 1.29 is 4.74 Å². The Balaban J connectivity index is 1.86. The van der Waals surface area contributed by atoms with Gasteiger partial charge >= 0.3 is 0 Å². The average Bonchev–Trinajstić information content (AvgIpc) is 3.07. The van der Waals surface area contributed by atoms with Gasteiger partial charge in [-0.3, -0.25) is 4.68 Å². The van der Waals surface area contributed by atoms with E-state index in [2.05, 4.69) is 40.4 Å². The molecule has 6 nitrogen and oxygen atoms in total. The van der Waals surface area contributed by atoms with Crippen LogP contribution < -0.4 is 15.4 Å². The van der Waals surface area contributed by atoms with E-state index in [-0.39, 0.29) is 0 Å². The van der Waals surface area contributed by atoms with Crippen LogP contribution in [0.25, 0.3) is 0 Å². The van der Waals surface area contributed by atoms with Crippen LogP contribution in [0.5, 0.6) is 5.75 Å². The predicted molar refractivity (Wildman–Crippen MR) is 106 cm³/mol. The molecule has 0 amide bonds. The van der Waals surface area contributed by atoms with Gasteiger partial charge in [0.1, 0.15) is 12.4 Å². The number of rotatable bonds is 10. The highest BCUT2D eigenvalue weighted by Gasteiger charge is 2.03. The highest BCUT2D eigenvalue weighted by atomic mass is 16.5. The van der Waals surface area contributed by atoms with Gasteiger partial charge in [0.2, 0.25) is 0 Å². The van der Waals surface area contributed by atoms with E-state index < -0.39 is 0 Å². The smallest absolute Gasteiger partial charge is 0.191 e. The number of hydrogen-bond donors (Lipinski definition) is 2. The summed E-state index contributed by atoms with van der Waals surface area (Å²) in [6.45, 7) is 8.49. The lowest BCUT2D eigenvalue weighted by Gasteiger charge is -2.12. The number of guanidine groups is 1. The minimum Gasteiger partial charge on any atom is -0.489 e. The van der Waals surface area contributed by atoms with Crippen LogP contribution in [0.2, 0.25) is 0 Å². The van der Waals surface area contributed by atoms with Gasteiger partial charge in [0.05, 0.1) is 12.7 Å². The standard InChI is InChI=1S/C20H29N5O/c1-4-13-26-19-11-7-6-10-18(19)15-23-20(21-5-2)22-12-8-9-17-14-24-25(3)16-17/h4,6-7,10-11,14,16H,1,5,8-9,12-13,15H2,2-3H3,(H2,21,22,23). The Bertz CT molecular complexity index is 708. The molecule has 0 atom stereocenters. The minimum absolute atomic E-state index is 0.493. The zero-order chi connectivity index (χ0) is 18.6. The normalized spacial score (nSPS) is 11.2. The first-order valence-corrected chi connectivity index (χ1v) is 9.04. The van der Waals surface area contributed by atoms with Gasteiger partial charge in [-0.25, -0.2) is 4.99 Å². The van der Waals surface area contributed by atoms with Crippen molar-refractivity contribution >= 4 is 5.96 Å². The number of nitrogens with one attached hydrogen (secondary N) is 2. The molecule has 2 rings (SSSR count). The summed E-state index contributed by atoms with van der Waals surface area (Å²) in [7, 11) is 1.94. The van der Waals surface area contributed by atoms with Crippen LogP contribution in [-0.2, 0) is 20.0 Å². The van der Waals surface area contributed by atoms with Gasteiger partial charge < -0.3 is 15.4 Å². The molecule has 0 spiro atoms. The van der Waals surface area contributed by atoms with E-state index in [9.17, 15) is 0 Å². The summed E-state index contributed by atoms with van der Waals surface area (Å²) in [5, 5.41) is 10.9. The molecule has 6 heteroatoms. The highest BCUT2D eigenvalue weighted by molar-refractivity contribution is 5.79. The van der Waals surface area contributed by atoms with E-state index in [1.165, 1.54) is 5.56 Å². The van der Waals surface area contributed by atoms with Crippen LogP contribution in [0.1, 0.15) is 24.5 Å². The van der Waals surface area contributed by atoms with E-state index in [4.69, 9.17) is 4.74 Å². The minimum atomic E-state index is 0.493. The van der Waals surface area contributed by atoms with Crippen LogP contribution >= 0.6 is 0 Å². The van der Waals surface area contributed by atoms with Crippen LogP contribution in [0.15, 0.2) is 54.3 Å². The third-order valence-electron chi connectivity index (χ3n) is 3.77. The molecule has 26 heavy (non-hydrogen) atoms. The van der Waals surface area contributed by atoms with Crippen molar-refractivity contribution in [2.45, 2.75) is 26.3 Å². The predicted octanol–water partition coefficient (Wildman–Crippen LogP) is 2.67. The summed E-state index contributed by atoms with van der Waals surface area (Å²) in [6.07, 6.45) is 7.74. The quantitative estimate of drug-likeness (QED) is 0.298. The van der Waals surface area contributed by atoms with Gasteiger partial charge in [-0.1, -0.05) is 30.9 Å². The SMILES string of the molecule is C=CCOc1ccccc1CN=C(NCC)NCCCc1cnn(C)c1. The monoisotopic (exact) mass is 355 g/mol. The molecular formula is C20H29N5O. The molecule has 0 saturated carbocycles. The second-order valence-corrected chi connectivity index (χ2v) is 5.96. The number of aryl methyl sites for hydroxylation is 2. The van der Waals surface area contributed by atoms with Crippen LogP contribution in [0, 0.1) is 0 Å². The largest absolute Gasteiger partial charge is 0.489 e. The van der Waals surface area contributed by atoms with Crippen LogP contribution in [0.4, 0.5) is 0 Å². The fraction of sp³-hybridized carbons (Fsp3) is 0.400. The average molecular weight is 355 g/mol. The number of para-hydroxylation sites is 1. The second kappa shape index (κ2) is 11.0. The molecule has 1 aromatic heterocycles. The fourth-order valence-electron chi connectivity index (χ4n) is 2.53. The molecule has 0 aliphatic carbocycles. The van der Waals surface area contributed by atoms with Gasteiger partial charge in [-0.05, 0) is 31.4 Å². The van der Waals surface area contributed by atoms with E-state index in [0.717, 1.165) is 43.2 Å². The van der Waals surface area contributed by atoms with Gasteiger partial charge in [-0.15, -0.1) is 0 Å². The number of nitrogens with zero attached hydrogens (tertiary/aromatic N) is 3. The molecule has 0 unspecified atom stereocenters. The lowest BCUT2D eigenvalue weighted by atomic mass is 10.2. The maximum atomic E-state index is 5.69. The van der Waals surface area contributed by atoms with E-state index >= 15 is 0 Å². The number of aliphatic imine (C=N–C) groups is 1. The van der Waals surface area contributed by atoms with Gasteiger partial charge in [0.15, 0.2) is 5.96 Å². The van der Waals surface area contributed by atoms with E-state index in [1.54, 1.807) is 6.08 Å². The maximum absolute atomic E-state index is 5.69. The molecule has 0 fully saturated rings. The molecule has 0 radical (unpaired) electrons. The third-order valence-corrected chi connectivity index (χ3v) is 3.77. The second-order valence-electron chi connectivity index (χ2n) is 5.96. The molecule has 0 aliphatic heterocycles. The first-order chi connectivity index (χ1) is 12.7. The molecule has 2 aromatic rings. The topological polar surface area (TPSA) is 63.5 Å². The van der Waals surface area contributed by atoms with Crippen LogP contribution in [-0.4, -0.2) is 35.4 Å². The summed E-state index contributed by atoms with van der Waals surface area (Å²) < 4.78 is 7.53. The van der Waals surface area contributed by atoms with Crippen molar-refractivity contribution in [2.75, 3.05) is 19.7 Å². The molecule has 0 bridgehead atoms. The van der Waals surface area contributed by atoms with Crippen molar-refractivity contribution in [3.63, 3.8) is 0 Å². The molecule has 0 aliphatic rings. The summed E-state index contributed by atoms with van der Waals surface area (Å²) in [5.74, 6) is 1.67. The number of benzene rings is 1. The molecule has 1 aromatic carbocycles. The molecule has 2 N–H and O–H groups in total. The Hall–Kier alpha value is -2.76. The van der Waals surface area contributed by atoms with Crippen molar-refractivity contribution in [2.24, 2.45) is 12.0 Å². The van der Waals surface area contributed by atoms with Gasteiger partial charge in [-0.2, -0.15) is 5.10 Å². The summed E-state index contributed by atoms with van der Waals surface area (Å²) in [4.78, 5) is 4.67. The number of hydrogen-bond acceptors (Lipinski definition) is 3. The summed E-state index contributed by atoms with van der Waals surface area (Å²) in [6, 6.07) is 7.96. The number of ether oxygens (including phenoxy) is 1. The van der Waals surface area contributed by atoms with Gasteiger partial charge in [0, 0.05) is 31.9 Å². The molecular weight excluding hydrogens is 326 g/mol. The Kier molecular flexibility index (Phi) is 8.26. The van der Waals surface area contributed by atoms with Crippen molar-refractivity contribution in [3.05, 3.63) is 60.4 Å². The Labute approximate surface area is 156 Å². The Morgan fingerprint density at radius 1 is 1.35 bits per heavy atom. The zero-order valence-corrected chi connectivity index (χ0v) is 15.7.